The van der Waals surface area contributed by atoms with Crippen molar-refractivity contribution in [2.45, 2.75) is 0 Å². The average Bonchev–Trinajstić information content (AvgIpc) is 2.54. The van der Waals surface area contributed by atoms with Crippen molar-refractivity contribution in [1.82, 2.24) is 4.98 Å². The number of rotatable bonds is 4. The standard InChI is InChI=1S/C16H11ClN2O4/c17-11-3-5-14(18-8-11)19-15(20)9-22-12-4-1-10-2-6-16(21)23-13(10)7-12/h1-8H,9H2,(H,18,19,20). The van der Waals surface area contributed by atoms with E-state index >= 15 is 0 Å². The van der Waals surface area contributed by atoms with Crippen LogP contribution in [0, 0.1) is 0 Å². The van der Waals surface area contributed by atoms with Crippen LogP contribution in [0.1, 0.15) is 0 Å². The summed E-state index contributed by atoms with van der Waals surface area (Å²) in [6.45, 7) is -0.202. The van der Waals surface area contributed by atoms with Crippen LogP contribution < -0.4 is 15.7 Å². The van der Waals surface area contributed by atoms with E-state index in [2.05, 4.69) is 10.3 Å². The molecule has 0 aliphatic carbocycles. The summed E-state index contributed by atoms with van der Waals surface area (Å²) in [5, 5.41) is 3.83. The molecule has 1 N–H and O–H groups in total. The fourth-order valence-corrected chi connectivity index (χ4v) is 2.02. The molecular weight excluding hydrogens is 320 g/mol. The molecule has 0 aliphatic rings. The van der Waals surface area contributed by atoms with Crippen LogP contribution in [0.3, 0.4) is 0 Å². The Balaban J connectivity index is 1.64. The van der Waals surface area contributed by atoms with Crippen molar-refractivity contribution in [3.8, 4) is 5.75 Å². The first-order valence-electron chi connectivity index (χ1n) is 6.68. The Hall–Kier alpha value is -2.86. The average molecular weight is 331 g/mol. The lowest BCUT2D eigenvalue weighted by atomic mass is 10.2. The van der Waals surface area contributed by atoms with E-state index in [0.717, 1.165) is 5.39 Å². The minimum atomic E-state index is -0.443. The number of carbonyl (C=O) groups excluding carboxylic acids is 1. The minimum absolute atomic E-state index is 0.202. The van der Waals surface area contributed by atoms with Gasteiger partial charge in [-0.05, 0) is 30.3 Å². The second kappa shape index (κ2) is 6.50. The smallest absolute Gasteiger partial charge is 0.336 e. The summed E-state index contributed by atoms with van der Waals surface area (Å²) in [5.74, 6) is 0.438. The third-order valence-electron chi connectivity index (χ3n) is 2.96. The van der Waals surface area contributed by atoms with Gasteiger partial charge in [0.15, 0.2) is 6.61 Å². The van der Waals surface area contributed by atoms with E-state index in [1.54, 1.807) is 36.4 Å². The predicted molar refractivity (Wildman–Crippen MR) is 85.9 cm³/mol. The molecule has 2 aromatic heterocycles. The molecule has 1 amide bonds. The van der Waals surface area contributed by atoms with Gasteiger partial charge in [0.2, 0.25) is 0 Å². The van der Waals surface area contributed by atoms with Crippen LogP contribution in [0.15, 0.2) is 57.9 Å². The van der Waals surface area contributed by atoms with Crippen LogP contribution in [0.2, 0.25) is 5.02 Å². The van der Waals surface area contributed by atoms with Crippen molar-refractivity contribution in [1.29, 1.82) is 0 Å². The quantitative estimate of drug-likeness (QED) is 0.744. The van der Waals surface area contributed by atoms with Crippen molar-refractivity contribution >= 4 is 34.3 Å². The van der Waals surface area contributed by atoms with Gasteiger partial charge in [-0.25, -0.2) is 9.78 Å². The van der Waals surface area contributed by atoms with Gasteiger partial charge < -0.3 is 14.5 Å². The number of ether oxygens (including phenoxy) is 1. The number of amides is 1. The minimum Gasteiger partial charge on any atom is -0.484 e. The summed E-state index contributed by atoms with van der Waals surface area (Å²) < 4.78 is 10.4. The molecule has 0 radical (unpaired) electrons. The molecule has 0 saturated heterocycles. The van der Waals surface area contributed by atoms with Crippen LogP contribution in [-0.4, -0.2) is 17.5 Å². The van der Waals surface area contributed by atoms with Crippen molar-refractivity contribution < 1.29 is 13.9 Å². The van der Waals surface area contributed by atoms with Crippen molar-refractivity contribution in [3.63, 3.8) is 0 Å². The number of pyridine rings is 1. The highest BCUT2D eigenvalue weighted by Crippen LogP contribution is 2.19. The van der Waals surface area contributed by atoms with Crippen LogP contribution in [-0.2, 0) is 4.79 Å². The molecule has 1 aromatic carbocycles. The van der Waals surface area contributed by atoms with E-state index in [0.29, 0.717) is 22.2 Å². The fraction of sp³-hybridized carbons (Fsp3) is 0.0625. The Morgan fingerprint density at radius 3 is 2.83 bits per heavy atom. The second-order valence-electron chi connectivity index (χ2n) is 4.65. The van der Waals surface area contributed by atoms with E-state index in [4.69, 9.17) is 20.8 Å². The number of anilines is 1. The first-order valence-corrected chi connectivity index (χ1v) is 7.06. The van der Waals surface area contributed by atoms with E-state index in [9.17, 15) is 9.59 Å². The molecule has 0 bridgehead atoms. The Kier molecular flexibility index (Phi) is 4.25. The number of nitrogens with one attached hydrogen (secondary N) is 1. The molecule has 0 spiro atoms. The molecule has 3 aromatic rings. The second-order valence-corrected chi connectivity index (χ2v) is 5.09. The highest BCUT2D eigenvalue weighted by Gasteiger charge is 2.06. The van der Waals surface area contributed by atoms with E-state index in [-0.39, 0.29) is 12.5 Å². The van der Waals surface area contributed by atoms with Gasteiger partial charge in [0.1, 0.15) is 17.2 Å². The first kappa shape index (κ1) is 15.1. The molecule has 7 heteroatoms. The number of hydrogen-bond donors (Lipinski definition) is 1. The Bertz CT molecular complexity index is 906. The van der Waals surface area contributed by atoms with Crippen molar-refractivity contribution in [2.75, 3.05) is 11.9 Å². The molecule has 0 unspecified atom stereocenters. The summed E-state index contributed by atoms with van der Waals surface area (Å²) in [4.78, 5) is 27.0. The zero-order valence-electron chi connectivity index (χ0n) is 11.8. The highest BCUT2D eigenvalue weighted by molar-refractivity contribution is 6.30. The normalized spacial score (nSPS) is 10.5. The van der Waals surface area contributed by atoms with Gasteiger partial charge >= 0.3 is 5.63 Å². The maximum Gasteiger partial charge on any atom is 0.336 e. The largest absolute Gasteiger partial charge is 0.484 e. The lowest BCUT2D eigenvalue weighted by Gasteiger charge is -2.07. The zero-order valence-corrected chi connectivity index (χ0v) is 12.5. The first-order chi connectivity index (χ1) is 11.1. The summed E-state index contributed by atoms with van der Waals surface area (Å²) in [6.07, 6.45) is 1.43. The number of nitrogens with zero attached hydrogens (tertiary/aromatic N) is 1. The van der Waals surface area contributed by atoms with Gasteiger partial charge in [0.05, 0.1) is 5.02 Å². The van der Waals surface area contributed by atoms with Gasteiger partial charge in [-0.15, -0.1) is 0 Å². The van der Waals surface area contributed by atoms with Gasteiger partial charge in [0, 0.05) is 23.7 Å². The molecule has 116 valence electrons. The zero-order chi connectivity index (χ0) is 16.2. The summed E-state index contributed by atoms with van der Waals surface area (Å²) in [6, 6.07) is 11.2. The van der Waals surface area contributed by atoms with Gasteiger partial charge in [-0.1, -0.05) is 11.6 Å². The maximum atomic E-state index is 11.8. The van der Waals surface area contributed by atoms with Crippen LogP contribution >= 0.6 is 11.6 Å². The summed E-state index contributed by atoms with van der Waals surface area (Å²) in [7, 11) is 0. The maximum absolute atomic E-state index is 11.8. The number of benzene rings is 1. The van der Waals surface area contributed by atoms with Crippen LogP contribution in [0.25, 0.3) is 11.0 Å². The molecule has 23 heavy (non-hydrogen) atoms. The number of carbonyl (C=O) groups is 1. The third-order valence-corrected chi connectivity index (χ3v) is 3.18. The third kappa shape index (κ3) is 3.87. The Morgan fingerprint density at radius 2 is 2.04 bits per heavy atom. The molecule has 0 saturated carbocycles. The summed E-state index contributed by atoms with van der Waals surface area (Å²) >= 11 is 5.72. The van der Waals surface area contributed by atoms with Crippen molar-refractivity contribution in [2.24, 2.45) is 0 Å². The predicted octanol–water partition coefficient (Wildman–Crippen LogP) is 2.86. The molecular formula is C16H11ClN2O4. The summed E-state index contributed by atoms with van der Waals surface area (Å²) in [5.41, 5.74) is -0.0454. The number of fused-ring (bicyclic) bond motifs is 1. The van der Waals surface area contributed by atoms with Crippen LogP contribution in [0.5, 0.6) is 5.75 Å². The fourth-order valence-electron chi connectivity index (χ4n) is 1.91. The topological polar surface area (TPSA) is 81.4 Å². The van der Waals surface area contributed by atoms with Gasteiger partial charge in [-0.3, -0.25) is 4.79 Å². The molecule has 0 aliphatic heterocycles. The van der Waals surface area contributed by atoms with E-state index < -0.39 is 5.63 Å². The molecule has 6 nitrogen and oxygen atoms in total. The number of aromatic nitrogens is 1. The van der Waals surface area contributed by atoms with Gasteiger partial charge in [-0.2, -0.15) is 0 Å². The molecule has 0 fully saturated rings. The van der Waals surface area contributed by atoms with Crippen LogP contribution in [0.4, 0.5) is 5.82 Å². The Morgan fingerprint density at radius 1 is 1.22 bits per heavy atom. The molecule has 3 rings (SSSR count). The number of halogens is 1. The SMILES string of the molecule is O=C(COc1ccc2ccc(=O)oc2c1)Nc1ccc(Cl)cn1. The van der Waals surface area contributed by atoms with E-state index in [1.165, 1.54) is 12.3 Å². The van der Waals surface area contributed by atoms with Crippen molar-refractivity contribution in [3.05, 3.63) is 64.1 Å². The molecule has 2 heterocycles. The lowest BCUT2D eigenvalue weighted by Crippen LogP contribution is -2.20. The van der Waals surface area contributed by atoms with Gasteiger partial charge in [0.25, 0.3) is 5.91 Å². The Labute approximate surface area is 135 Å². The lowest BCUT2D eigenvalue weighted by molar-refractivity contribution is -0.118. The molecule has 0 atom stereocenters. The monoisotopic (exact) mass is 330 g/mol. The number of hydrogen-bond acceptors (Lipinski definition) is 5. The van der Waals surface area contributed by atoms with E-state index in [1.807, 2.05) is 0 Å². The highest BCUT2D eigenvalue weighted by atomic mass is 35.5.